The van der Waals surface area contributed by atoms with Gasteiger partial charge >= 0.3 is 0 Å². The monoisotopic (exact) mass is 1160 g/mol. The molecule has 2 aromatic carbocycles. The Morgan fingerprint density at radius 2 is 0.675 bits per heavy atom. The molecule has 0 bridgehead atoms. The normalized spacial score (nSPS) is 15.6. The van der Waals surface area contributed by atoms with E-state index in [1.165, 1.54) is 173 Å². The molecular weight excluding hydrogens is 1020 g/mol. The molecule has 0 heterocycles. The number of rotatable bonds is 54. The average Bonchev–Trinajstić information content (AvgIpc) is 3.61. The first kappa shape index (κ1) is 76.1. The largest absolute Gasteiger partial charge is 0.490 e. The molecule has 83 heavy (non-hydrogen) atoms. The van der Waals surface area contributed by atoms with Crippen molar-refractivity contribution < 1.29 is 23.8 Å². The van der Waals surface area contributed by atoms with Crippen LogP contribution in [0.2, 0.25) is 0 Å². The lowest BCUT2D eigenvalue weighted by molar-refractivity contribution is -0.121. The van der Waals surface area contributed by atoms with Crippen LogP contribution >= 0.6 is 0 Å². The molecule has 2 rings (SSSR count). The molecule has 1 N–H and O–H groups in total. The van der Waals surface area contributed by atoms with Crippen molar-refractivity contribution in [1.82, 2.24) is 5.32 Å². The SMILES string of the molecule is CC(C)CCC[C@@H](C)CCC[C@@H](C)CCCC(C)CCOc1ccc(C(NC(=O)CC[C]=O)c2ccccc2)c(OCCC(C)CCC[C@H](C)CCC[C@H](C)CCCC(C)C)c1OCCC(C)CCC[C@H](C)CCC[C@H](C)CCCC(C)C. The van der Waals surface area contributed by atoms with Gasteiger partial charge in [-0.05, 0) is 108 Å². The zero-order valence-electron chi connectivity index (χ0n) is 57.3. The fraction of sp³-hybridized carbons (Fsp3) is 0.818. The van der Waals surface area contributed by atoms with E-state index in [1.807, 2.05) is 30.6 Å². The Bertz CT molecular complexity index is 1860. The summed E-state index contributed by atoms with van der Waals surface area (Å²) in [5.74, 6) is 10.6. The van der Waals surface area contributed by atoms with Crippen LogP contribution < -0.4 is 19.5 Å². The Labute approximate surface area is 515 Å². The van der Waals surface area contributed by atoms with E-state index in [0.29, 0.717) is 54.8 Å². The molecule has 0 saturated carbocycles. The molecule has 1 amide bonds. The molecule has 6 heteroatoms. The van der Waals surface area contributed by atoms with Crippen molar-refractivity contribution in [3.63, 3.8) is 0 Å². The highest BCUT2D eigenvalue weighted by Gasteiger charge is 2.27. The van der Waals surface area contributed by atoms with Crippen LogP contribution in [-0.2, 0) is 9.59 Å². The quantitative estimate of drug-likeness (QED) is 0.0714. The number of ether oxygens (including phenoxy) is 3. The van der Waals surface area contributed by atoms with Gasteiger partial charge in [0.25, 0.3) is 0 Å². The first-order valence-corrected chi connectivity index (χ1v) is 35.5. The van der Waals surface area contributed by atoms with Gasteiger partial charge in [0.1, 0.15) is 0 Å². The van der Waals surface area contributed by atoms with Gasteiger partial charge in [-0.15, -0.1) is 0 Å². The maximum atomic E-state index is 13.6. The second-order valence-electron chi connectivity index (χ2n) is 29.3. The average molecular weight is 1160 g/mol. The topological polar surface area (TPSA) is 73.9 Å². The van der Waals surface area contributed by atoms with Crippen molar-refractivity contribution in [3.05, 3.63) is 53.6 Å². The number of hydrogen-bond acceptors (Lipinski definition) is 5. The summed E-state index contributed by atoms with van der Waals surface area (Å²) >= 11 is 0. The van der Waals surface area contributed by atoms with Gasteiger partial charge in [0.05, 0.1) is 25.9 Å². The second kappa shape index (κ2) is 47.1. The number of benzene rings is 2. The molecule has 0 fully saturated rings. The molecule has 0 aliphatic heterocycles. The fourth-order valence-electron chi connectivity index (χ4n) is 12.5. The van der Waals surface area contributed by atoms with Gasteiger partial charge in [-0.3, -0.25) is 9.59 Å². The Hall–Kier alpha value is -3.02. The minimum absolute atomic E-state index is 0.0525. The lowest BCUT2D eigenvalue weighted by Crippen LogP contribution is -2.29. The Morgan fingerprint density at radius 1 is 0.373 bits per heavy atom. The van der Waals surface area contributed by atoms with E-state index in [-0.39, 0.29) is 18.7 Å². The molecule has 0 aliphatic carbocycles. The number of nitrogens with one attached hydrogen (secondary N) is 1. The maximum Gasteiger partial charge on any atom is 0.221 e. The zero-order valence-corrected chi connectivity index (χ0v) is 57.3. The van der Waals surface area contributed by atoms with E-state index in [2.05, 4.69) is 127 Å². The van der Waals surface area contributed by atoms with Gasteiger partial charge in [0.2, 0.25) is 11.7 Å². The lowest BCUT2D eigenvalue weighted by Gasteiger charge is -2.26. The first-order chi connectivity index (χ1) is 39.8. The standard InChI is InChI=1S/C77H136NO5/c1-59(2)29-19-32-62(7)35-22-38-65(10)41-25-44-68(13)52-56-81-73-51-50-72(75(71-47-17-16-18-48-71)78-74(80)49-28-55-79)76(82-57-53-69(14)45-26-42-66(11)39-23-36-63(8)33-20-30-60(3)4)77(73)83-58-54-70(15)46-27-43-67(12)40-24-37-64(9)34-21-31-61(5)6/h16-18,47-48,50-51,59-70,75H,19-46,49,52-54,56-58H2,1-15H3,(H,78,80)/t62-,63-,64-,65-,66-,67-,68?,69?,70?,75?/m1/s1. The summed E-state index contributed by atoms with van der Waals surface area (Å²) in [7, 11) is 0. The number of hydrogen-bond donors (Lipinski definition) is 1. The van der Waals surface area contributed by atoms with Crippen molar-refractivity contribution >= 4 is 12.2 Å². The molecule has 1 radical (unpaired) electrons. The Kier molecular flexibility index (Phi) is 43.2. The highest BCUT2D eigenvalue weighted by molar-refractivity contribution is 5.79. The predicted molar refractivity (Wildman–Crippen MR) is 360 cm³/mol. The molecule has 0 saturated heterocycles. The van der Waals surface area contributed by atoms with Crippen LogP contribution in [0.1, 0.15) is 326 Å². The van der Waals surface area contributed by atoms with E-state index in [1.54, 1.807) is 0 Å². The summed E-state index contributed by atoms with van der Waals surface area (Å²) in [6.45, 7) is 37.6. The van der Waals surface area contributed by atoms with Crippen LogP contribution in [0, 0.1) is 71.0 Å². The highest BCUT2D eigenvalue weighted by atomic mass is 16.5. The van der Waals surface area contributed by atoms with E-state index in [9.17, 15) is 9.59 Å². The number of amides is 1. The van der Waals surface area contributed by atoms with Gasteiger partial charge in [0, 0.05) is 18.4 Å². The van der Waals surface area contributed by atoms with Gasteiger partial charge < -0.3 is 19.5 Å². The van der Waals surface area contributed by atoms with Crippen LogP contribution in [-0.4, -0.2) is 32.0 Å². The van der Waals surface area contributed by atoms with Gasteiger partial charge in [0.15, 0.2) is 17.8 Å². The molecule has 0 aliphatic rings. The number of carbonyl (C=O) groups excluding carboxylic acids is 2. The van der Waals surface area contributed by atoms with E-state index in [4.69, 9.17) is 14.2 Å². The van der Waals surface area contributed by atoms with E-state index < -0.39 is 6.04 Å². The summed E-state index contributed by atoms with van der Waals surface area (Å²) in [4.78, 5) is 24.9. The smallest absolute Gasteiger partial charge is 0.221 e. The minimum Gasteiger partial charge on any atom is -0.490 e. The summed E-state index contributed by atoms with van der Waals surface area (Å²) in [5, 5.41) is 3.30. The van der Waals surface area contributed by atoms with Crippen molar-refractivity contribution in [2.45, 2.75) is 315 Å². The predicted octanol–water partition coefficient (Wildman–Crippen LogP) is 23.3. The molecule has 479 valence electrons. The van der Waals surface area contributed by atoms with Crippen molar-refractivity contribution in [2.24, 2.45) is 71.0 Å². The third kappa shape index (κ3) is 38.7. The molecule has 2 aromatic rings. The Balaban J connectivity index is 2.28. The molecule has 4 unspecified atom stereocenters. The summed E-state index contributed by atoms with van der Waals surface area (Å²) in [6, 6.07) is 13.7. The van der Waals surface area contributed by atoms with Crippen LogP contribution in [0.5, 0.6) is 17.2 Å². The van der Waals surface area contributed by atoms with E-state index >= 15 is 0 Å². The highest BCUT2D eigenvalue weighted by Crippen LogP contribution is 2.45. The van der Waals surface area contributed by atoms with Crippen LogP contribution in [0.4, 0.5) is 0 Å². The van der Waals surface area contributed by atoms with Crippen LogP contribution in [0.15, 0.2) is 42.5 Å². The number of carbonyl (C=O) groups is 1. The first-order valence-electron chi connectivity index (χ1n) is 35.5. The zero-order chi connectivity index (χ0) is 61.2. The van der Waals surface area contributed by atoms with E-state index in [0.717, 1.165) is 83.7 Å². The summed E-state index contributed by atoms with van der Waals surface area (Å²) < 4.78 is 20.9. The fourth-order valence-corrected chi connectivity index (χ4v) is 12.5. The summed E-state index contributed by atoms with van der Waals surface area (Å²) in [6.07, 6.45) is 40.5. The summed E-state index contributed by atoms with van der Waals surface area (Å²) in [5.41, 5.74) is 1.78. The maximum absolute atomic E-state index is 13.6. The Morgan fingerprint density at radius 3 is 1.00 bits per heavy atom. The molecule has 6 nitrogen and oxygen atoms in total. The van der Waals surface area contributed by atoms with Gasteiger partial charge in [-0.1, -0.05) is 308 Å². The molecule has 0 spiro atoms. The minimum atomic E-state index is -0.516. The van der Waals surface area contributed by atoms with Gasteiger partial charge in [-0.2, -0.15) is 0 Å². The molecule has 10 atom stereocenters. The third-order valence-corrected chi connectivity index (χ3v) is 18.7. The van der Waals surface area contributed by atoms with Crippen molar-refractivity contribution in [2.75, 3.05) is 19.8 Å². The lowest BCUT2D eigenvalue weighted by atomic mass is 9.91. The second-order valence-corrected chi connectivity index (χ2v) is 29.3. The molecular formula is C77H136NO5. The molecule has 0 aromatic heterocycles. The van der Waals surface area contributed by atoms with Crippen molar-refractivity contribution in [3.8, 4) is 17.2 Å². The van der Waals surface area contributed by atoms with Crippen LogP contribution in [0.25, 0.3) is 0 Å². The van der Waals surface area contributed by atoms with Crippen molar-refractivity contribution in [1.29, 1.82) is 0 Å². The van der Waals surface area contributed by atoms with Gasteiger partial charge in [-0.25, -0.2) is 0 Å². The van der Waals surface area contributed by atoms with Crippen LogP contribution in [0.3, 0.4) is 0 Å². The third-order valence-electron chi connectivity index (χ3n) is 18.7.